The van der Waals surface area contributed by atoms with Crippen LogP contribution in [-0.2, 0) is 6.54 Å². The van der Waals surface area contributed by atoms with Crippen LogP contribution in [-0.4, -0.2) is 29.9 Å². The standard InChI is InChI=1S/C11H19F2N3O/c1-4-6-16-10(8(17-3)7-15-16)9(11(12)13)14-5-2/h7,9,11,14H,4-6H2,1-3H3. The lowest BCUT2D eigenvalue weighted by Crippen LogP contribution is -2.30. The van der Waals surface area contributed by atoms with Gasteiger partial charge in [0, 0.05) is 6.54 Å². The van der Waals surface area contributed by atoms with E-state index in [0.717, 1.165) is 6.42 Å². The molecule has 0 saturated heterocycles. The van der Waals surface area contributed by atoms with Crippen LogP contribution in [0, 0.1) is 0 Å². The highest BCUT2D eigenvalue weighted by Crippen LogP contribution is 2.29. The van der Waals surface area contributed by atoms with Gasteiger partial charge >= 0.3 is 0 Å². The van der Waals surface area contributed by atoms with E-state index in [-0.39, 0.29) is 0 Å². The normalized spacial score (nSPS) is 13.1. The van der Waals surface area contributed by atoms with Gasteiger partial charge in [0.15, 0.2) is 5.75 Å². The number of aromatic nitrogens is 2. The molecule has 1 aromatic rings. The van der Waals surface area contributed by atoms with Crippen molar-refractivity contribution in [2.75, 3.05) is 13.7 Å². The number of hydrogen-bond donors (Lipinski definition) is 1. The van der Waals surface area contributed by atoms with Gasteiger partial charge in [0.2, 0.25) is 0 Å². The van der Waals surface area contributed by atoms with E-state index in [4.69, 9.17) is 4.74 Å². The minimum atomic E-state index is -2.49. The maximum atomic E-state index is 13.0. The molecule has 0 spiro atoms. The number of nitrogens with zero attached hydrogens (tertiary/aromatic N) is 2. The lowest BCUT2D eigenvalue weighted by Gasteiger charge is -2.19. The average molecular weight is 247 g/mol. The number of ether oxygens (including phenoxy) is 1. The zero-order chi connectivity index (χ0) is 12.8. The summed E-state index contributed by atoms with van der Waals surface area (Å²) in [6, 6.07) is -1.04. The van der Waals surface area contributed by atoms with Crippen molar-refractivity contribution in [1.29, 1.82) is 0 Å². The predicted octanol–water partition coefficient (Wildman–Crippen LogP) is 2.22. The Morgan fingerprint density at radius 2 is 2.18 bits per heavy atom. The molecule has 1 heterocycles. The molecule has 0 bridgehead atoms. The van der Waals surface area contributed by atoms with Gasteiger partial charge in [-0.2, -0.15) is 5.10 Å². The lowest BCUT2D eigenvalue weighted by atomic mass is 10.2. The van der Waals surface area contributed by atoms with Crippen molar-refractivity contribution in [1.82, 2.24) is 15.1 Å². The summed E-state index contributed by atoms with van der Waals surface area (Å²) in [5.74, 6) is 0.407. The van der Waals surface area contributed by atoms with E-state index in [1.807, 2.05) is 6.92 Å². The van der Waals surface area contributed by atoms with E-state index in [1.165, 1.54) is 13.3 Å². The first kappa shape index (κ1) is 13.9. The highest BCUT2D eigenvalue weighted by atomic mass is 19.3. The molecule has 0 fully saturated rings. The first-order valence-electron chi connectivity index (χ1n) is 5.76. The molecule has 17 heavy (non-hydrogen) atoms. The molecule has 0 aliphatic heterocycles. The molecule has 0 saturated carbocycles. The second-order valence-corrected chi connectivity index (χ2v) is 3.69. The number of alkyl halides is 2. The monoisotopic (exact) mass is 247 g/mol. The fraction of sp³-hybridized carbons (Fsp3) is 0.727. The summed E-state index contributed by atoms with van der Waals surface area (Å²) in [5, 5.41) is 6.85. The maximum absolute atomic E-state index is 13.0. The fourth-order valence-electron chi connectivity index (χ4n) is 1.76. The summed E-state index contributed by atoms with van der Waals surface area (Å²) in [5.41, 5.74) is 0.422. The van der Waals surface area contributed by atoms with Crippen molar-refractivity contribution in [2.45, 2.75) is 39.3 Å². The van der Waals surface area contributed by atoms with Crippen molar-refractivity contribution < 1.29 is 13.5 Å². The summed E-state index contributed by atoms with van der Waals surface area (Å²) >= 11 is 0. The molecule has 0 amide bonds. The van der Waals surface area contributed by atoms with Gasteiger partial charge in [-0.05, 0) is 13.0 Å². The van der Waals surface area contributed by atoms with Crippen LogP contribution in [0.2, 0.25) is 0 Å². The molecule has 1 unspecified atom stereocenters. The molecule has 0 aliphatic rings. The highest BCUT2D eigenvalue weighted by Gasteiger charge is 2.28. The zero-order valence-electron chi connectivity index (χ0n) is 10.4. The van der Waals surface area contributed by atoms with Crippen molar-refractivity contribution >= 4 is 0 Å². The van der Waals surface area contributed by atoms with E-state index < -0.39 is 12.5 Å². The Bertz CT molecular complexity index is 341. The van der Waals surface area contributed by atoms with Crippen LogP contribution in [0.4, 0.5) is 8.78 Å². The van der Waals surface area contributed by atoms with Gasteiger partial charge < -0.3 is 10.1 Å². The van der Waals surface area contributed by atoms with Crippen LogP contribution in [0.25, 0.3) is 0 Å². The first-order chi connectivity index (χ1) is 8.15. The quantitative estimate of drug-likeness (QED) is 0.803. The van der Waals surface area contributed by atoms with E-state index in [2.05, 4.69) is 10.4 Å². The second kappa shape index (κ2) is 6.54. The number of halogens is 2. The number of methoxy groups -OCH3 is 1. The molecule has 4 nitrogen and oxygen atoms in total. The number of aryl methyl sites for hydroxylation is 1. The van der Waals surface area contributed by atoms with Crippen LogP contribution in [0.15, 0.2) is 6.20 Å². The van der Waals surface area contributed by atoms with Gasteiger partial charge in [-0.25, -0.2) is 8.78 Å². The van der Waals surface area contributed by atoms with Gasteiger partial charge in [0.05, 0.1) is 13.3 Å². The smallest absolute Gasteiger partial charge is 0.259 e. The van der Waals surface area contributed by atoms with Crippen LogP contribution < -0.4 is 10.1 Å². The molecule has 1 aromatic heterocycles. The van der Waals surface area contributed by atoms with Crippen molar-refractivity contribution in [2.24, 2.45) is 0 Å². The molecule has 0 radical (unpaired) electrons. The molecule has 1 rings (SSSR count). The van der Waals surface area contributed by atoms with E-state index in [9.17, 15) is 8.78 Å². The molecule has 0 aliphatic carbocycles. The Morgan fingerprint density at radius 3 is 2.65 bits per heavy atom. The van der Waals surface area contributed by atoms with E-state index >= 15 is 0 Å². The zero-order valence-corrected chi connectivity index (χ0v) is 10.4. The van der Waals surface area contributed by atoms with Gasteiger partial charge in [-0.15, -0.1) is 0 Å². The highest BCUT2D eigenvalue weighted by molar-refractivity contribution is 5.28. The Kier molecular flexibility index (Phi) is 5.34. The predicted molar refractivity (Wildman–Crippen MR) is 61.5 cm³/mol. The van der Waals surface area contributed by atoms with Crippen LogP contribution in [0.1, 0.15) is 32.0 Å². The van der Waals surface area contributed by atoms with Crippen LogP contribution in [0.5, 0.6) is 5.75 Å². The molecule has 1 N–H and O–H groups in total. The summed E-state index contributed by atoms with van der Waals surface area (Å²) in [6.45, 7) is 4.84. The van der Waals surface area contributed by atoms with Crippen LogP contribution in [0.3, 0.4) is 0 Å². The Morgan fingerprint density at radius 1 is 1.47 bits per heavy atom. The molecule has 6 heteroatoms. The van der Waals surface area contributed by atoms with E-state index in [1.54, 1.807) is 11.6 Å². The van der Waals surface area contributed by atoms with Gasteiger partial charge in [0.1, 0.15) is 11.7 Å². The van der Waals surface area contributed by atoms with Crippen LogP contribution >= 0.6 is 0 Å². The average Bonchev–Trinajstić information content (AvgIpc) is 2.69. The van der Waals surface area contributed by atoms with Gasteiger partial charge in [0.25, 0.3) is 6.43 Å². The molecular weight excluding hydrogens is 228 g/mol. The minimum absolute atomic E-state index is 0.407. The Balaban J connectivity index is 3.08. The third-order valence-electron chi connectivity index (χ3n) is 2.47. The van der Waals surface area contributed by atoms with E-state index in [0.29, 0.717) is 24.5 Å². The van der Waals surface area contributed by atoms with Crippen molar-refractivity contribution in [3.05, 3.63) is 11.9 Å². The lowest BCUT2D eigenvalue weighted by molar-refractivity contribution is 0.0935. The first-order valence-corrected chi connectivity index (χ1v) is 5.76. The van der Waals surface area contributed by atoms with Gasteiger partial charge in [-0.1, -0.05) is 13.8 Å². The fourth-order valence-corrected chi connectivity index (χ4v) is 1.76. The third kappa shape index (κ3) is 3.15. The number of hydrogen-bond acceptors (Lipinski definition) is 3. The van der Waals surface area contributed by atoms with Crippen molar-refractivity contribution in [3.8, 4) is 5.75 Å². The topological polar surface area (TPSA) is 39.1 Å². The third-order valence-corrected chi connectivity index (χ3v) is 2.47. The second-order valence-electron chi connectivity index (χ2n) is 3.69. The summed E-state index contributed by atoms with van der Waals surface area (Å²) in [4.78, 5) is 0. The SMILES string of the molecule is CCCn1ncc(OC)c1C(NCC)C(F)F. The summed E-state index contributed by atoms with van der Waals surface area (Å²) in [6.07, 6.45) is -0.173. The maximum Gasteiger partial charge on any atom is 0.259 e. The summed E-state index contributed by atoms with van der Waals surface area (Å²) < 4.78 is 32.7. The molecule has 1 atom stereocenters. The molecule has 98 valence electrons. The number of nitrogens with one attached hydrogen (secondary N) is 1. The largest absolute Gasteiger partial charge is 0.493 e. The number of rotatable bonds is 7. The molecular formula is C11H19F2N3O. The van der Waals surface area contributed by atoms with Crippen molar-refractivity contribution in [3.63, 3.8) is 0 Å². The van der Waals surface area contributed by atoms with Gasteiger partial charge in [-0.3, -0.25) is 4.68 Å². The Hall–Kier alpha value is -1.17. The summed E-state index contributed by atoms with van der Waals surface area (Å²) in [7, 11) is 1.46. The molecule has 0 aromatic carbocycles. The minimum Gasteiger partial charge on any atom is -0.493 e. The Labute approximate surface area is 100.0 Å².